The molecule has 184 valence electrons. The molecule has 5 rings (SSSR count). The first kappa shape index (κ1) is 24.0. The number of aromatic amines is 1. The number of aliphatic carboxylic acids is 1. The third-order valence-corrected chi connectivity index (χ3v) is 7.83. The zero-order chi connectivity index (χ0) is 25.1. The van der Waals surface area contributed by atoms with Crippen LogP contribution in [0, 0.1) is 0 Å². The Balaban J connectivity index is 1.56. The Morgan fingerprint density at radius 1 is 1.28 bits per heavy atom. The zero-order valence-electron chi connectivity index (χ0n) is 20.4. The molecule has 3 heterocycles. The molecule has 1 aromatic carbocycles. The number of benzene rings is 1. The van der Waals surface area contributed by atoms with Gasteiger partial charge in [-0.3, -0.25) is 0 Å². The second-order valence-electron chi connectivity index (χ2n) is 9.13. The fourth-order valence-corrected chi connectivity index (χ4v) is 6.27. The van der Waals surface area contributed by atoms with Crippen LogP contribution >= 0.6 is 11.3 Å². The van der Waals surface area contributed by atoms with Gasteiger partial charge >= 0.3 is 5.97 Å². The summed E-state index contributed by atoms with van der Waals surface area (Å²) in [6.45, 7) is 5.80. The molecular weight excluding hydrogens is 468 g/mol. The van der Waals surface area contributed by atoms with Gasteiger partial charge < -0.3 is 15.4 Å². The maximum absolute atomic E-state index is 12.4. The van der Waals surface area contributed by atoms with Gasteiger partial charge in [0.1, 0.15) is 22.5 Å². The molecule has 0 fully saturated rings. The summed E-state index contributed by atoms with van der Waals surface area (Å²) in [7, 11) is 0. The number of carbonyl (C=O) groups is 1. The molecule has 6 nitrogen and oxygen atoms in total. The van der Waals surface area contributed by atoms with Crippen LogP contribution in [0.15, 0.2) is 66.9 Å². The number of anilines is 1. The summed E-state index contributed by atoms with van der Waals surface area (Å²) in [6.07, 6.45) is 14.8. The molecule has 1 aliphatic carbocycles. The number of nitrogens with zero attached hydrogens (tertiary/aromatic N) is 2. The van der Waals surface area contributed by atoms with Crippen molar-refractivity contribution in [2.24, 2.45) is 0 Å². The van der Waals surface area contributed by atoms with Crippen molar-refractivity contribution < 1.29 is 9.90 Å². The van der Waals surface area contributed by atoms with E-state index in [4.69, 9.17) is 9.97 Å². The number of rotatable bonds is 9. The van der Waals surface area contributed by atoms with Crippen molar-refractivity contribution in [1.82, 2.24) is 15.0 Å². The van der Waals surface area contributed by atoms with Gasteiger partial charge in [-0.25, -0.2) is 14.8 Å². The zero-order valence-corrected chi connectivity index (χ0v) is 21.2. The number of hydrogen-bond acceptors (Lipinski definition) is 5. The number of thiophene rings is 1. The van der Waals surface area contributed by atoms with E-state index in [1.54, 1.807) is 17.4 Å². The maximum Gasteiger partial charge on any atom is 0.326 e. The van der Waals surface area contributed by atoms with Gasteiger partial charge in [0, 0.05) is 34.8 Å². The molecule has 0 saturated carbocycles. The Morgan fingerprint density at radius 3 is 2.92 bits per heavy atom. The lowest BCUT2D eigenvalue weighted by Gasteiger charge is -2.18. The van der Waals surface area contributed by atoms with E-state index < -0.39 is 12.0 Å². The molecule has 0 saturated heterocycles. The number of hydrogen-bond donors (Lipinski definition) is 3. The number of aryl methyl sites for hydroxylation is 2. The van der Waals surface area contributed by atoms with Crippen molar-refractivity contribution in [3.8, 4) is 0 Å². The number of carboxylic acids is 1. The highest BCUT2D eigenvalue weighted by molar-refractivity contribution is 7.19. The molecule has 1 atom stereocenters. The van der Waals surface area contributed by atoms with Crippen molar-refractivity contribution in [1.29, 1.82) is 0 Å². The highest BCUT2D eigenvalue weighted by Crippen LogP contribution is 2.39. The number of H-pyrrole nitrogens is 1. The quantitative estimate of drug-likeness (QED) is 0.233. The van der Waals surface area contributed by atoms with E-state index in [0.717, 1.165) is 51.5 Å². The first-order chi connectivity index (χ1) is 17.6. The van der Waals surface area contributed by atoms with Gasteiger partial charge in [0.2, 0.25) is 0 Å². The minimum atomic E-state index is -0.904. The molecule has 4 aromatic rings. The number of aromatic nitrogens is 3. The lowest BCUT2D eigenvalue weighted by Crippen LogP contribution is -2.32. The van der Waals surface area contributed by atoms with Gasteiger partial charge in [-0.1, -0.05) is 49.1 Å². The highest BCUT2D eigenvalue weighted by atomic mass is 32.1. The first-order valence-corrected chi connectivity index (χ1v) is 13.2. The van der Waals surface area contributed by atoms with Crippen molar-refractivity contribution >= 4 is 44.2 Å². The third-order valence-electron chi connectivity index (χ3n) is 6.64. The number of fused-ring (bicyclic) bond motifs is 4. The first-order valence-electron chi connectivity index (χ1n) is 12.4. The maximum atomic E-state index is 12.4. The second kappa shape index (κ2) is 10.5. The standard InChI is InChI=1S/C29H30N4O2S/c1-3-9-18(10-4-2)15-25-32-27(26-21-12-6-8-14-24(21)36-28(26)33-25)31-23(29(34)35)16-19-17-30-22-13-7-5-11-20(19)22/h3-5,7,9-11,13,17,23,30H,1,6,8,12,14-16H2,2H3,(H,34,35)(H,31,32,33)/t23-/m0/s1. The van der Waals surface area contributed by atoms with Crippen LogP contribution in [-0.2, 0) is 30.5 Å². The van der Waals surface area contributed by atoms with Gasteiger partial charge in [0.15, 0.2) is 0 Å². The number of allylic oxidation sites excluding steroid dienone is 5. The van der Waals surface area contributed by atoms with Crippen molar-refractivity contribution in [3.63, 3.8) is 0 Å². The summed E-state index contributed by atoms with van der Waals surface area (Å²) < 4.78 is 0. The molecule has 0 spiro atoms. The fraction of sp³-hybridized carbons (Fsp3) is 0.276. The Labute approximate surface area is 214 Å². The van der Waals surface area contributed by atoms with Crippen LogP contribution in [0.4, 0.5) is 5.82 Å². The van der Waals surface area contributed by atoms with Gasteiger partial charge in [0.05, 0.1) is 5.39 Å². The van der Waals surface area contributed by atoms with Crippen LogP contribution < -0.4 is 5.32 Å². The fourth-order valence-electron chi connectivity index (χ4n) is 4.99. The van der Waals surface area contributed by atoms with E-state index in [1.807, 2.05) is 55.6 Å². The average molecular weight is 499 g/mol. The second-order valence-corrected chi connectivity index (χ2v) is 10.2. The Bertz CT molecular complexity index is 1490. The molecule has 0 bridgehead atoms. The molecule has 0 unspecified atom stereocenters. The van der Waals surface area contributed by atoms with Crippen LogP contribution in [0.25, 0.3) is 21.1 Å². The van der Waals surface area contributed by atoms with E-state index in [-0.39, 0.29) is 0 Å². The lowest BCUT2D eigenvalue weighted by molar-refractivity contribution is -0.137. The average Bonchev–Trinajstić information content (AvgIpc) is 3.45. The minimum absolute atomic E-state index is 0.340. The molecule has 36 heavy (non-hydrogen) atoms. The summed E-state index contributed by atoms with van der Waals surface area (Å²) in [4.78, 5) is 27.8. The molecule has 0 aliphatic heterocycles. The van der Waals surface area contributed by atoms with E-state index in [9.17, 15) is 9.90 Å². The Kier molecular flexibility index (Phi) is 7.00. The van der Waals surface area contributed by atoms with Crippen LogP contribution in [-0.4, -0.2) is 32.1 Å². The summed E-state index contributed by atoms with van der Waals surface area (Å²) in [5.41, 5.74) is 4.29. The summed E-state index contributed by atoms with van der Waals surface area (Å²) >= 11 is 1.72. The Morgan fingerprint density at radius 2 is 2.11 bits per heavy atom. The number of carboxylic acid groups (broad SMARTS) is 1. The molecule has 3 N–H and O–H groups in total. The molecule has 0 amide bonds. The van der Waals surface area contributed by atoms with E-state index >= 15 is 0 Å². The molecule has 7 heteroatoms. The normalized spacial score (nSPS) is 14.9. The number of para-hydroxylation sites is 1. The van der Waals surface area contributed by atoms with Crippen LogP contribution in [0.1, 0.15) is 41.6 Å². The van der Waals surface area contributed by atoms with Gasteiger partial charge in [0.25, 0.3) is 0 Å². The molecule has 3 aromatic heterocycles. The predicted molar refractivity (Wildman–Crippen MR) is 148 cm³/mol. The van der Waals surface area contributed by atoms with E-state index in [1.165, 1.54) is 16.9 Å². The van der Waals surface area contributed by atoms with Gasteiger partial charge in [-0.05, 0) is 55.4 Å². The topological polar surface area (TPSA) is 90.9 Å². The summed E-state index contributed by atoms with van der Waals surface area (Å²) in [5, 5.41) is 15.5. The SMILES string of the molecule is C=CC=C(C=CC)Cc1nc(N[C@@H](Cc2c[nH]c3ccccc23)C(=O)O)c2c3c(sc2n1)CCCC3. The summed E-state index contributed by atoms with van der Waals surface area (Å²) in [6, 6.07) is 7.13. The van der Waals surface area contributed by atoms with E-state index in [2.05, 4.69) is 16.9 Å². The third kappa shape index (κ3) is 4.84. The van der Waals surface area contributed by atoms with Crippen molar-refractivity contribution in [2.75, 3.05) is 5.32 Å². The smallest absolute Gasteiger partial charge is 0.326 e. The lowest BCUT2D eigenvalue weighted by atomic mass is 9.96. The Hall–Kier alpha value is -3.71. The van der Waals surface area contributed by atoms with Crippen molar-refractivity contribution in [3.05, 3.63) is 88.7 Å². The molecule has 0 radical (unpaired) electrons. The van der Waals surface area contributed by atoms with Gasteiger partial charge in [-0.2, -0.15) is 0 Å². The largest absolute Gasteiger partial charge is 0.480 e. The van der Waals surface area contributed by atoms with Crippen LogP contribution in [0.3, 0.4) is 0 Å². The van der Waals surface area contributed by atoms with Gasteiger partial charge in [-0.15, -0.1) is 11.3 Å². The minimum Gasteiger partial charge on any atom is -0.480 e. The number of nitrogens with one attached hydrogen (secondary N) is 2. The van der Waals surface area contributed by atoms with Crippen molar-refractivity contribution in [2.45, 2.75) is 51.5 Å². The van der Waals surface area contributed by atoms with Crippen LogP contribution in [0.2, 0.25) is 0 Å². The highest BCUT2D eigenvalue weighted by Gasteiger charge is 2.26. The monoisotopic (exact) mass is 498 g/mol. The molecular formula is C29H30N4O2S. The predicted octanol–water partition coefficient (Wildman–Crippen LogP) is 6.39. The van der Waals surface area contributed by atoms with Crippen LogP contribution in [0.5, 0.6) is 0 Å². The molecule has 1 aliphatic rings. The van der Waals surface area contributed by atoms with E-state index in [0.29, 0.717) is 24.5 Å². The summed E-state index contributed by atoms with van der Waals surface area (Å²) in [5.74, 6) is 0.393.